The Hall–Kier alpha value is -3.32. The molecule has 0 aromatic heterocycles. The molecule has 0 fully saturated rings. The summed E-state index contributed by atoms with van der Waals surface area (Å²) in [4.78, 5) is 13.3. The predicted molar refractivity (Wildman–Crippen MR) is 138 cm³/mol. The van der Waals surface area contributed by atoms with E-state index in [1.807, 2.05) is 26.8 Å². The zero-order valence-electron chi connectivity index (χ0n) is 20.5. The van der Waals surface area contributed by atoms with Gasteiger partial charge >= 0.3 is 0 Å². The maximum Gasteiger partial charge on any atom is 0.264 e. The van der Waals surface area contributed by atoms with E-state index in [0.29, 0.717) is 18.0 Å². The number of nitrogens with zero attached hydrogens (tertiary/aromatic N) is 1. The summed E-state index contributed by atoms with van der Waals surface area (Å²) in [5.74, 6) is 0.0187. The van der Waals surface area contributed by atoms with E-state index in [0.717, 1.165) is 34.7 Å². The van der Waals surface area contributed by atoms with E-state index >= 15 is 0 Å². The second-order valence-corrected chi connectivity index (χ2v) is 10.8. The Labute approximate surface area is 208 Å². The Kier molecular flexibility index (Phi) is 7.45. The molecule has 3 aromatic rings. The molecule has 1 aliphatic rings. The van der Waals surface area contributed by atoms with Gasteiger partial charge in [0.2, 0.25) is 5.91 Å². The number of sulfonamides is 1. The van der Waals surface area contributed by atoms with Gasteiger partial charge in [-0.15, -0.1) is 0 Å². The predicted octanol–water partition coefficient (Wildman–Crippen LogP) is 4.96. The molecule has 0 unspecified atom stereocenters. The van der Waals surface area contributed by atoms with Crippen LogP contribution in [-0.2, 0) is 27.7 Å². The Balaban J connectivity index is 1.62. The Morgan fingerprint density at radius 2 is 1.74 bits per heavy atom. The molecule has 4 rings (SSSR count). The average Bonchev–Trinajstić information content (AvgIpc) is 3.31. The second kappa shape index (κ2) is 10.5. The largest absolute Gasteiger partial charge is 0.492 e. The zero-order valence-corrected chi connectivity index (χ0v) is 21.3. The van der Waals surface area contributed by atoms with E-state index in [4.69, 9.17) is 4.74 Å². The van der Waals surface area contributed by atoms with Crippen molar-refractivity contribution in [1.82, 2.24) is 5.32 Å². The number of benzene rings is 3. The third kappa shape index (κ3) is 5.51. The molecule has 1 atom stereocenters. The highest BCUT2D eigenvalue weighted by atomic mass is 32.2. The SMILES string of the molecule is CCOc1ccccc1N(CC(=O)N[C@@H](C)c1ccc2c(c1)CCC2)S(=O)(=O)c1ccc(C)cc1. The molecule has 184 valence electrons. The molecule has 1 N–H and O–H groups in total. The van der Waals surface area contributed by atoms with Crippen molar-refractivity contribution < 1.29 is 17.9 Å². The van der Waals surface area contributed by atoms with E-state index in [1.54, 1.807) is 48.5 Å². The van der Waals surface area contributed by atoms with Crippen molar-refractivity contribution in [2.24, 2.45) is 0 Å². The van der Waals surface area contributed by atoms with Crippen LogP contribution in [0.3, 0.4) is 0 Å². The summed E-state index contributed by atoms with van der Waals surface area (Å²) in [6, 6.07) is 19.6. The fraction of sp³-hybridized carbons (Fsp3) is 0.321. The quantitative estimate of drug-likeness (QED) is 0.458. The smallest absolute Gasteiger partial charge is 0.264 e. The lowest BCUT2D eigenvalue weighted by molar-refractivity contribution is -0.120. The van der Waals surface area contributed by atoms with Crippen LogP contribution < -0.4 is 14.4 Å². The van der Waals surface area contributed by atoms with E-state index < -0.39 is 10.0 Å². The molecule has 0 spiro atoms. The number of rotatable bonds is 9. The Morgan fingerprint density at radius 1 is 1.03 bits per heavy atom. The third-order valence-corrected chi connectivity index (χ3v) is 8.10. The number of para-hydroxylation sites is 2. The first-order valence-corrected chi connectivity index (χ1v) is 13.5. The first-order chi connectivity index (χ1) is 16.8. The number of nitrogens with one attached hydrogen (secondary N) is 1. The van der Waals surface area contributed by atoms with Crippen molar-refractivity contribution in [3.05, 3.63) is 89.0 Å². The van der Waals surface area contributed by atoms with Crippen LogP contribution in [0.2, 0.25) is 0 Å². The van der Waals surface area contributed by atoms with Crippen LogP contribution in [0.1, 0.15) is 48.6 Å². The Morgan fingerprint density at radius 3 is 2.49 bits per heavy atom. The van der Waals surface area contributed by atoms with Gasteiger partial charge in [0, 0.05) is 0 Å². The summed E-state index contributed by atoms with van der Waals surface area (Å²) in [6.07, 6.45) is 3.31. The molecule has 0 saturated heterocycles. The lowest BCUT2D eigenvalue weighted by Crippen LogP contribution is -2.41. The summed E-state index contributed by atoms with van der Waals surface area (Å²) in [7, 11) is -4.02. The first kappa shape index (κ1) is 24.8. The van der Waals surface area contributed by atoms with Gasteiger partial charge in [0.15, 0.2) is 0 Å². The highest BCUT2D eigenvalue weighted by Crippen LogP contribution is 2.33. The van der Waals surface area contributed by atoms with Gasteiger partial charge in [0.1, 0.15) is 12.3 Å². The van der Waals surface area contributed by atoms with Crippen LogP contribution in [0.15, 0.2) is 71.6 Å². The minimum Gasteiger partial charge on any atom is -0.492 e. The first-order valence-electron chi connectivity index (χ1n) is 12.0. The lowest BCUT2D eigenvalue weighted by Gasteiger charge is -2.27. The van der Waals surface area contributed by atoms with Crippen LogP contribution in [0.25, 0.3) is 0 Å². The van der Waals surface area contributed by atoms with E-state index in [2.05, 4.69) is 17.4 Å². The average molecular weight is 493 g/mol. The molecule has 3 aromatic carbocycles. The minimum absolute atomic E-state index is 0.119. The summed E-state index contributed by atoms with van der Waals surface area (Å²) in [5, 5.41) is 2.99. The molecule has 35 heavy (non-hydrogen) atoms. The van der Waals surface area contributed by atoms with Gasteiger partial charge in [-0.05, 0) is 81.0 Å². The van der Waals surface area contributed by atoms with E-state index in [9.17, 15) is 13.2 Å². The van der Waals surface area contributed by atoms with E-state index in [-0.39, 0.29) is 23.4 Å². The maximum atomic E-state index is 13.7. The number of ether oxygens (including phenoxy) is 1. The van der Waals surface area contributed by atoms with Crippen molar-refractivity contribution in [2.45, 2.75) is 51.0 Å². The van der Waals surface area contributed by atoms with Gasteiger partial charge in [0.05, 0.1) is 23.2 Å². The molecule has 0 heterocycles. The van der Waals surface area contributed by atoms with Crippen LogP contribution in [0.5, 0.6) is 5.75 Å². The molecule has 6 nitrogen and oxygen atoms in total. The van der Waals surface area contributed by atoms with Gasteiger partial charge in [-0.2, -0.15) is 0 Å². The highest BCUT2D eigenvalue weighted by Gasteiger charge is 2.30. The number of hydrogen-bond donors (Lipinski definition) is 1. The maximum absolute atomic E-state index is 13.7. The van der Waals surface area contributed by atoms with Crippen LogP contribution in [0.4, 0.5) is 5.69 Å². The van der Waals surface area contributed by atoms with Crippen molar-refractivity contribution in [3.8, 4) is 5.75 Å². The normalized spacial score (nSPS) is 13.7. The fourth-order valence-electron chi connectivity index (χ4n) is 4.44. The monoisotopic (exact) mass is 492 g/mol. The lowest BCUT2D eigenvalue weighted by atomic mass is 10.0. The minimum atomic E-state index is -4.02. The van der Waals surface area contributed by atoms with Gasteiger partial charge in [-0.25, -0.2) is 8.42 Å². The van der Waals surface area contributed by atoms with Crippen LogP contribution in [-0.4, -0.2) is 27.5 Å². The van der Waals surface area contributed by atoms with Gasteiger partial charge < -0.3 is 10.1 Å². The summed E-state index contributed by atoms with van der Waals surface area (Å²) in [5.41, 5.74) is 5.00. The molecule has 0 saturated carbocycles. The highest BCUT2D eigenvalue weighted by molar-refractivity contribution is 7.92. The number of fused-ring (bicyclic) bond motifs is 1. The summed E-state index contributed by atoms with van der Waals surface area (Å²) in [6.45, 7) is 5.65. The number of aryl methyl sites for hydroxylation is 3. The number of hydrogen-bond acceptors (Lipinski definition) is 4. The molecule has 1 aliphatic carbocycles. The van der Waals surface area contributed by atoms with Gasteiger partial charge in [-0.1, -0.05) is 48.0 Å². The zero-order chi connectivity index (χ0) is 25.0. The van der Waals surface area contributed by atoms with Gasteiger partial charge in [0.25, 0.3) is 10.0 Å². The number of carbonyl (C=O) groups is 1. The van der Waals surface area contributed by atoms with Crippen molar-refractivity contribution >= 4 is 21.6 Å². The van der Waals surface area contributed by atoms with Gasteiger partial charge in [-0.3, -0.25) is 9.10 Å². The summed E-state index contributed by atoms with van der Waals surface area (Å²) < 4.78 is 34.3. The molecular formula is C28H32N2O4S. The van der Waals surface area contributed by atoms with Crippen molar-refractivity contribution in [2.75, 3.05) is 17.5 Å². The topological polar surface area (TPSA) is 75.7 Å². The molecule has 0 radical (unpaired) electrons. The molecule has 1 amide bonds. The van der Waals surface area contributed by atoms with Crippen LogP contribution >= 0.6 is 0 Å². The molecule has 7 heteroatoms. The standard InChI is InChI=1S/C28H32N2O4S/c1-4-34-27-11-6-5-10-26(27)30(35(32,33)25-16-12-20(2)13-17-25)19-28(31)29-21(3)23-15-14-22-8-7-9-24(22)18-23/h5-6,10-18,21H,4,7-9,19H2,1-3H3,(H,29,31)/t21-/m0/s1. The Bertz CT molecular complexity index is 1300. The van der Waals surface area contributed by atoms with E-state index in [1.165, 1.54) is 11.1 Å². The molecular weight excluding hydrogens is 460 g/mol. The summed E-state index contributed by atoms with van der Waals surface area (Å²) >= 11 is 0. The number of anilines is 1. The number of amides is 1. The molecule has 0 bridgehead atoms. The van der Waals surface area contributed by atoms with Crippen molar-refractivity contribution in [1.29, 1.82) is 0 Å². The second-order valence-electron chi connectivity index (χ2n) is 8.90. The third-order valence-electron chi connectivity index (χ3n) is 6.33. The number of carbonyl (C=O) groups excluding carboxylic acids is 1. The fourth-order valence-corrected chi connectivity index (χ4v) is 5.87. The molecule has 0 aliphatic heterocycles. The van der Waals surface area contributed by atoms with Crippen molar-refractivity contribution in [3.63, 3.8) is 0 Å². The van der Waals surface area contributed by atoms with Crippen LogP contribution in [0, 0.1) is 6.92 Å².